The van der Waals surface area contributed by atoms with Crippen LogP contribution in [0, 0.1) is 5.82 Å². The minimum atomic E-state index is -0.817. The van der Waals surface area contributed by atoms with Crippen molar-refractivity contribution in [3.8, 4) is 22.6 Å². The van der Waals surface area contributed by atoms with E-state index in [1.807, 2.05) is 45.0 Å². The van der Waals surface area contributed by atoms with Gasteiger partial charge >= 0.3 is 17.9 Å². The molecule has 0 N–H and O–H groups in total. The van der Waals surface area contributed by atoms with Crippen LogP contribution in [0.1, 0.15) is 99.3 Å². The lowest BCUT2D eigenvalue weighted by molar-refractivity contribution is -0.143. The summed E-state index contributed by atoms with van der Waals surface area (Å²) in [6.45, 7) is 7.01. The number of ether oxygens (including phenoxy) is 4. The van der Waals surface area contributed by atoms with Crippen LogP contribution in [0.4, 0.5) is 4.39 Å². The highest BCUT2D eigenvalue weighted by atomic mass is 19.1. The second-order valence-corrected chi connectivity index (χ2v) is 10.6. The molecular weight excluding hydrogens is 563 g/mol. The Morgan fingerprint density at radius 2 is 1.32 bits per heavy atom. The molecule has 0 atom stereocenters. The van der Waals surface area contributed by atoms with Crippen molar-refractivity contribution in [2.45, 2.75) is 84.7 Å². The molecule has 3 rings (SSSR count). The number of rotatable bonds is 18. The van der Waals surface area contributed by atoms with E-state index in [-0.39, 0.29) is 28.9 Å². The fraction of sp³-hybridized carbons (Fsp3) is 0.417. The molecule has 236 valence electrons. The van der Waals surface area contributed by atoms with Crippen LogP contribution in [0.15, 0.2) is 66.7 Å². The molecule has 0 heterocycles. The first kappa shape index (κ1) is 34.3. The van der Waals surface area contributed by atoms with Gasteiger partial charge in [-0.2, -0.15) is 0 Å². The maximum atomic E-state index is 14.7. The van der Waals surface area contributed by atoms with Crippen molar-refractivity contribution in [1.82, 2.24) is 0 Å². The van der Waals surface area contributed by atoms with Crippen LogP contribution >= 0.6 is 0 Å². The first-order valence-electron chi connectivity index (χ1n) is 15.6. The average Bonchev–Trinajstić information content (AvgIpc) is 3.02. The summed E-state index contributed by atoms with van der Waals surface area (Å²) in [4.78, 5) is 36.5. The third-order valence-corrected chi connectivity index (χ3v) is 6.95. The first-order chi connectivity index (χ1) is 21.3. The lowest BCUT2D eigenvalue weighted by atomic mass is 10.0. The fourth-order valence-corrected chi connectivity index (χ4v) is 4.57. The summed E-state index contributed by atoms with van der Waals surface area (Å²) in [7, 11) is 0. The third-order valence-electron chi connectivity index (χ3n) is 6.95. The number of esters is 3. The molecule has 0 radical (unpaired) electrons. The predicted octanol–water partition coefficient (Wildman–Crippen LogP) is 8.73. The molecule has 0 amide bonds. The largest absolute Gasteiger partial charge is 0.494 e. The number of benzene rings is 3. The number of hydrogen-bond donors (Lipinski definition) is 0. The topological polar surface area (TPSA) is 88.1 Å². The maximum Gasteiger partial charge on any atom is 0.343 e. The van der Waals surface area contributed by atoms with Crippen LogP contribution < -0.4 is 9.47 Å². The van der Waals surface area contributed by atoms with Crippen molar-refractivity contribution in [1.29, 1.82) is 0 Å². The molecule has 0 aromatic heterocycles. The Bertz CT molecular complexity index is 1330. The Morgan fingerprint density at radius 1 is 0.705 bits per heavy atom. The second-order valence-electron chi connectivity index (χ2n) is 10.6. The summed E-state index contributed by atoms with van der Waals surface area (Å²) in [6, 6.07) is 18.2. The molecule has 0 spiro atoms. The van der Waals surface area contributed by atoms with Crippen molar-refractivity contribution >= 4 is 17.9 Å². The Labute approximate surface area is 259 Å². The molecule has 0 unspecified atom stereocenters. The van der Waals surface area contributed by atoms with Gasteiger partial charge in [-0.3, -0.25) is 4.79 Å². The Morgan fingerprint density at radius 3 is 1.93 bits per heavy atom. The maximum absolute atomic E-state index is 14.7. The van der Waals surface area contributed by atoms with Gasteiger partial charge in [0.05, 0.1) is 24.3 Å². The molecule has 0 saturated heterocycles. The van der Waals surface area contributed by atoms with E-state index in [4.69, 9.17) is 18.9 Å². The Kier molecular flexibility index (Phi) is 14.4. The van der Waals surface area contributed by atoms with Crippen LogP contribution in [0.3, 0.4) is 0 Å². The Hall–Kier alpha value is -4.20. The third kappa shape index (κ3) is 11.1. The molecular formula is C36H43FO7. The van der Waals surface area contributed by atoms with E-state index >= 15 is 0 Å². The van der Waals surface area contributed by atoms with Gasteiger partial charge in [0.25, 0.3) is 0 Å². The molecule has 3 aromatic carbocycles. The zero-order valence-corrected chi connectivity index (χ0v) is 25.9. The van der Waals surface area contributed by atoms with Crippen LogP contribution in [-0.4, -0.2) is 37.2 Å². The van der Waals surface area contributed by atoms with Gasteiger partial charge in [-0.1, -0.05) is 57.9 Å². The highest BCUT2D eigenvalue weighted by molar-refractivity contribution is 5.92. The number of unbranched alkanes of at least 4 members (excludes halogenated alkanes) is 2. The standard InChI is InChI=1S/C36H43FO7/c1-4-10-31(11-5-2)43-36(40)29-19-22-33(32(37)25-29)44-35(39)28-15-13-26(14-16-28)27-17-20-30(21-18-27)41-23-8-7-9-24-42-34(38)12-6-3/h13-22,25,31H,4-12,23-24H2,1-3H3. The summed E-state index contributed by atoms with van der Waals surface area (Å²) in [6.07, 6.45) is 6.91. The number of carbonyl (C=O) groups is 3. The zero-order chi connectivity index (χ0) is 31.7. The molecule has 0 bridgehead atoms. The van der Waals surface area contributed by atoms with Crippen molar-refractivity contribution in [3.05, 3.63) is 83.7 Å². The highest BCUT2D eigenvalue weighted by Gasteiger charge is 2.18. The number of carbonyl (C=O) groups excluding carboxylic acids is 3. The molecule has 0 saturated carbocycles. The van der Waals surface area contributed by atoms with Crippen molar-refractivity contribution < 1.29 is 37.7 Å². The van der Waals surface area contributed by atoms with Crippen molar-refractivity contribution in [2.75, 3.05) is 13.2 Å². The van der Waals surface area contributed by atoms with Gasteiger partial charge in [-0.15, -0.1) is 0 Å². The molecule has 0 aliphatic heterocycles. The van der Waals surface area contributed by atoms with Gasteiger partial charge in [-0.25, -0.2) is 14.0 Å². The van der Waals surface area contributed by atoms with Crippen molar-refractivity contribution in [2.24, 2.45) is 0 Å². The highest BCUT2D eigenvalue weighted by Crippen LogP contribution is 2.25. The monoisotopic (exact) mass is 606 g/mol. The molecule has 0 aliphatic rings. The van der Waals surface area contributed by atoms with E-state index in [0.29, 0.717) is 19.6 Å². The molecule has 0 aliphatic carbocycles. The van der Waals surface area contributed by atoms with Crippen LogP contribution in [0.25, 0.3) is 11.1 Å². The van der Waals surface area contributed by atoms with Crippen LogP contribution in [0.2, 0.25) is 0 Å². The minimum Gasteiger partial charge on any atom is -0.494 e. The summed E-state index contributed by atoms with van der Waals surface area (Å²) in [5.74, 6) is -1.77. The molecule has 7 nitrogen and oxygen atoms in total. The summed E-state index contributed by atoms with van der Waals surface area (Å²) < 4.78 is 36.5. The zero-order valence-electron chi connectivity index (χ0n) is 25.9. The normalized spacial score (nSPS) is 10.8. The second kappa shape index (κ2) is 18.5. The predicted molar refractivity (Wildman–Crippen MR) is 167 cm³/mol. The van der Waals surface area contributed by atoms with E-state index < -0.39 is 17.8 Å². The molecule has 3 aromatic rings. The van der Waals surface area contributed by atoms with Gasteiger partial charge < -0.3 is 18.9 Å². The van der Waals surface area contributed by atoms with Gasteiger partial charge in [0.2, 0.25) is 0 Å². The molecule has 44 heavy (non-hydrogen) atoms. The first-order valence-corrected chi connectivity index (χ1v) is 15.6. The van der Waals surface area contributed by atoms with E-state index in [9.17, 15) is 18.8 Å². The quantitative estimate of drug-likeness (QED) is 0.0813. The minimum absolute atomic E-state index is 0.0716. The number of halogens is 1. The van der Waals surface area contributed by atoms with E-state index in [1.165, 1.54) is 12.1 Å². The van der Waals surface area contributed by atoms with Crippen molar-refractivity contribution in [3.63, 3.8) is 0 Å². The fourth-order valence-electron chi connectivity index (χ4n) is 4.57. The summed E-state index contributed by atoms with van der Waals surface area (Å²) >= 11 is 0. The van der Waals surface area contributed by atoms with Gasteiger partial charge in [-0.05, 0) is 92.1 Å². The van der Waals surface area contributed by atoms with Crippen LogP contribution in [0.5, 0.6) is 11.5 Å². The van der Waals surface area contributed by atoms with E-state index in [2.05, 4.69) is 0 Å². The van der Waals surface area contributed by atoms with Gasteiger partial charge in [0, 0.05) is 6.42 Å². The van der Waals surface area contributed by atoms with E-state index in [0.717, 1.165) is 74.3 Å². The average molecular weight is 607 g/mol. The molecule has 8 heteroatoms. The lowest BCUT2D eigenvalue weighted by Crippen LogP contribution is -2.18. The summed E-state index contributed by atoms with van der Waals surface area (Å²) in [5, 5.41) is 0. The van der Waals surface area contributed by atoms with Gasteiger partial charge in [0.15, 0.2) is 11.6 Å². The number of hydrogen-bond acceptors (Lipinski definition) is 7. The summed E-state index contributed by atoms with van der Waals surface area (Å²) in [5.41, 5.74) is 2.17. The smallest absolute Gasteiger partial charge is 0.343 e. The van der Waals surface area contributed by atoms with Crippen LogP contribution in [-0.2, 0) is 14.3 Å². The molecule has 0 fully saturated rings. The Balaban J connectivity index is 1.47. The SMILES string of the molecule is CCCC(=O)OCCCCCOc1ccc(-c2ccc(C(=O)Oc3ccc(C(=O)OC(CCC)CCC)cc3F)cc2)cc1. The van der Waals surface area contributed by atoms with Gasteiger partial charge in [0.1, 0.15) is 11.9 Å². The van der Waals surface area contributed by atoms with E-state index in [1.54, 1.807) is 24.3 Å². The lowest BCUT2D eigenvalue weighted by Gasteiger charge is -2.16.